The molecule has 1 aliphatic rings. The second-order valence-corrected chi connectivity index (χ2v) is 17.0. The molecule has 10 aromatic rings. The van der Waals surface area contributed by atoms with E-state index in [1.807, 2.05) is 55.7 Å². The third-order valence-corrected chi connectivity index (χ3v) is 11.6. The van der Waals surface area contributed by atoms with Crippen molar-refractivity contribution < 1.29 is 32.7 Å². The molecule has 308 valence electrons. The van der Waals surface area contributed by atoms with Crippen LogP contribution in [0.25, 0.3) is 71.0 Å². The summed E-state index contributed by atoms with van der Waals surface area (Å²) < 4.78 is 53.4. The van der Waals surface area contributed by atoms with Crippen LogP contribution in [0.2, 0.25) is 0 Å². The minimum Gasteiger partial charge on any atom is -0.509 e. The molecule has 4 heterocycles. The van der Waals surface area contributed by atoms with E-state index in [1.54, 1.807) is 36.5 Å². The van der Waals surface area contributed by atoms with E-state index in [1.165, 1.54) is 21.7 Å². The van der Waals surface area contributed by atoms with Gasteiger partial charge in [0.1, 0.15) is 5.82 Å². The van der Waals surface area contributed by atoms with E-state index in [4.69, 9.17) is 16.6 Å². The Hall–Kier alpha value is -6.55. The molecule has 11 rings (SSSR count). The maximum atomic E-state index is 9.04. The minimum absolute atomic E-state index is 0. The Labute approximate surface area is 383 Å². The van der Waals surface area contributed by atoms with Crippen LogP contribution in [0.5, 0.6) is 11.5 Å². The largest absolute Gasteiger partial charge is 0.509 e. The summed E-state index contributed by atoms with van der Waals surface area (Å²) in [5.74, 6) is 1.38. The van der Waals surface area contributed by atoms with Crippen molar-refractivity contribution in [2.24, 2.45) is 5.41 Å². The van der Waals surface area contributed by atoms with Gasteiger partial charge in [-0.05, 0) is 112 Å². The molecule has 0 saturated carbocycles. The van der Waals surface area contributed by atoms with Crippen LogP contribution in [0.3, 0.4) is 0 Å². The van der Waals surface area contributed by atoms with Crippen molar-refractivity contribution in [2.75, 3.05) is 4.90 Å². The Bertz CT molecular complexity index is 3720. The second-order valence-electron chi connectivity index (χ2n) is 17.0. The van der Waals surface area contributed by atoms with E-state index in [9.17, 15) is 0 Å². The van der Waals surface area contributed by atoms with Crippen molar-refractivity contribution in [1.82, 2.24) is 14.1 Å². The number of aromatic nitrogens is 3. The van der Waals surface area contributed by atoms with Crippen molar-refractivity contribution in [1.29, 1.82) is 0 Å². The molecule has 6 heteroatoms. The molecule has 0 N–H and O–H groups in total. The van der Waals surface area contributed by atoms with Gasteiger partial charge in [0.15, 0.2) is 0 Å². The number of aryl methyl sites for hydroxylation is 3. The van der Waals surface area contributed by atoms with Gasteiger partial charge in [-0.2, -0.15) is 12.1 Å². The zero-order valence-electron chi connectivity index (χ0n) is 39.9. The molecule has 0 fully saturated rings. The summed E-state index contributed by atoms with van der Waals surface area (Å²) in [6.45, 7) is 9.80. The summed E-state index contributed by atoms with van der Waals surface area (Å²) in [5, 5.41) is 8.45. The molecule has 62 heavy (non-hydrogen) atoms. The van der Waals surface area contributed by atoms with Gasteiger partial charge >= 0.3 is 0 Å². The zero-order chi connectivity index (χ0) is 45.9. The second kappa shape index (κ2) is 15.1. The molecule has 3 aromatic heterocycles. The topological polar surface area (TPSA) is 35.2 Å². The third-order valence-electron chi connectivity index (χ3n) is 11.6. The number of rotatable bonds is 5. The van der Waals surface area contributed by atoms with E-state index in [0.29, 0.717) is 39.3 Å². The van der Waals surface area contributed by atoms with Gasteiger partial charge in [0.05, 0.1) is 0 Å². The number of nitrogens with zero attached hydrogens (tertiary/aromatic N) is 4. The Morgan fingerprint density at radius 3 is 2.18 bits per heavy atom. The fraction of sp³-hybridized carbons (Fsp3) is 0.143. The average molecular weight is 990 g/mol. The summed E-state index contributed by atoms with van der Waals surface area (Å²) >= 11 is 0. The first-order valence-corrected chi connectivity index (χ1v) is 20.6. The van der Waals surface area contributed by atoms with Crippen LogP contribution in [-0.4, -0.2) is 14.1 Å². The van der Waals surface area contributed by atoms with Crippen LogP contribution < -0.4 is 9.64 Å². The quantitative estimate of drug-likeness (QED) is 0.161. The molecule has 0 saturated heterocycles. The molecule has 0 bridgehead atoms. The first kappa shape index (κ1) is 34.1. The Morgan fingerprint density at radius 2 is 1.35 bits per heavy atom. The monoisotopic (exact) mass is 989 g/mol. The predicted molar refractivity (Wildman–Crippen MR) is 254 cm³/mol. The number of hydrogen-bond acceptors (Lipinski definition) is 3. The molecular weight excluding hydrogens is 940 g/mol. The molecule has 0 radical (unpaired) electrons. The van der Waals surface area contributed by atoms with Gasteiger partial charge < -0.3 is 18.8 Å². The van der Waals surface area contributed by atoms with Crippen LogP contribution >= 0.6 is 0 Å². The summed E-state index contributed by atoms with van der Waals surface area (Å²) in [4.78, 5) is 6.90. The van der Waals surface area contributed by atoms with Gasteiger partial charge in [0.25, 0.3) is 0 Å². The number of fused-ring (bicyclic) bond motifs is 10. The summed E-state index contributed by atoms with van der Waals surface area (Å²) in [5.41, 5.74) is 7.66. The SMILES string of the molecule is [2H]C([2H])([2H])c1ccc2c(c1)c1ccc(Oc3[c-]c(N4[CH-]n5c6c(C)cccc6c6cc(C)ccc6c6ccccc6c6cccc4c65)ccc3)[c-]c1n2-c1cc(C([2H])([2H])C(C)(C)C)ccn1.[Pt]. The Kier molecular flexibility index (Phi) is 8.31. The van der Waals surface area contributed by atoms with E-state index in [2.05, 4.69) is 121 Å². The number of hydrogen-bond donors (Lipinski definition) is 0. The maximum Gasteiger partial charge on any atom is 0.135 e. The minimum atomic E-state index is -2.31. The molecule has 0 unspecified atom stereocenters. The van der Waals surface area contributed by atoms with Crippen molar-refractivity contribution >= 4 is 76.5 Å². The van der Waals surface area contributed by atoms with Crippen molar-refractivity contribution in [2.45, 2.75) is 47.8 Å². The van der Waals surface area contributed by atoms with E-state index in [-0.39, 0.29) is 26.6 Å². The van der Waals surface area contributed by atoms with Gasteiger partial charge in [0.2, 0.25) is 0 Å². The van der Waals surface area contributed by atoms with Crippen LogP contribution in [0.1, 0.15) is 49.9 Å². The van der Waals surface area contributed by atoms with E-state index >= 15 is 0 Å². The van der Waals surface area contributed by atoms with Crippen LogP contribution in [0.4, 0.5) is 11.4 Å². The van der Waals surface area contributed by atoms with E-state index in [0.717, 1.165) is 49.5 Å². The number of anilines is 2. The summed E-state index contributed by atoms with van der Waals surface area (Å²) in [6.07, 6.45) is -0.0545. The Morgan fingerprint density at radius 1 is 0.661 bits per heavy atom. The fourth-order valence-electron chi connectivity index (χ4n) is 9.09. The van der Waals surface area contributed by atoms with E-state index < -0.39 is 18.6 Å². The van der Waals surface area contributed by atoms with Gasteiger partial charge in [-0.3, -0.25) is 0 Å². The average Bonchev–Trinajstić information content (AvgIpc) is 3.84. The van der Waals surface area contributed by atoms with Crippen LogP contribution in [-0.2, 0) is 27.4 Å². The summed E-state index contributed by atoms with van der Waals surface area (Å²) in [7, 11) is 0. The summed E-state index contributed by atoms with van der Waals surface area (Å²) in [6, 6.07) is 53.7. The van der Waals surface area contributed by atoms with Crippen molar-refractivity contribution in [3.8, 4) is 17.3 Å². The number of benzene rings is 7. The number of ether oxygens (including phenoxy) is 1. The molecule has 1 aliphatic heterocycles. The van der Waals surface area contributed by atoms with Gasteiger partial charge in [-0.1, -0.05) is 139 Å². The van der Waals surface area contributed by atoms with Crippen LogP contribution in [0, 0.1) is 44.9 Å². The first-order valence-electron chi connectivity index (χ1n) is 23.1. The predicted octanol–water partition coefficient (Wildman–Crippen LogP) is 14.7. The third kappa shape index (κ3) is 6.67. The maximum absolute atomic E-state index is 9.04. The van der Waals surface area contributed by atoms with Crippen molar-refractivity contribution in [3.05, 3.63) is 187 Å². The molecule has 5 nitrogen and oxygen atoms in total. The molecule has 0 aliphatic carbocycles. The Balaban J connectivity index is 0.00000525. The first-order chi connectivity index (χ1) is 31.6. The van der Waals surface area contributed by atoms with Gasteiger partial charge in [-0.25, -0.2) is 4.98 Å². The molecular formula is C56H45N4OPt-3. The van der Waals surface area contributed by atoms with Gasteiger partial charge in [-0.15, -0.1) is 35.7 Å². The standard InChI is InChI=1S/C56H45N4O.Pt/c1-35-20-23-44-42-15-7-8-16-43(42)46-18-11-19-51-55(46)59(54-37(3)12-9-17-47(54)48(44)28-35)34-58(51)39-13-10-14-40(31-39)61-41-22-24-45-49-29-36(2)21-25-50(49)60(52(45)32-41)53-30-38(26-27-57-53)33-56(4,5)6;/h7-30,34H,33H2,1-6H3;/q-3;/i2D3,33D2;. The number of pyridine rings is 1. The molecule has 7 aromatic carbocycles. The zero-order valence-corrected chi connectivity index (χ0v) is 37.2. The van der Waals surface area contributed by atoms with Crippen LogP contribution in [0.15, 0.2) is 146 Å². The molecule has 0 spiro atoms. The normalized spacial score (nSPS) is 14.0. The molecule has 0 amide bonds. The van der Waals surface area contributed by atoms with Crippen molar-refractivity contribution in [3.63, 3.8) is 0 Å². The number of para-hydroxylation sites is 2. The van der Waals surface area contributed by atoms with Gasteiger partial charge in [0, 0.05) is 56.8 Å². The smallest absolute Gasteiger partial charge is 0.135 e. The molecule has 0 atom stereocenters. The fourth-order valence-corrected chi connectivity index (χ4v) is 9.09.